The van der Waals surface area contributed by atoms with E-state index in [9.17, 15) is 29.7 Å². The average molecular weight is 1200 g/mol. The zero-order valence-electron chi connectivity index (χ0n) is 58.3. The van der Waals surface area contributed by atoms with Gasteiger partial charge in [0, 0.05) is 75.3 Å². The minimum absolute atomic E-state index is 0.0373. The number of ether oxygens (including phenoxy) is 3. The van der Waals surface area contributed by atoms with Gasteiger partial charge in [0.1, 0.15) is 34.5 Å². The lowest BCUT2D eigenvalue weighted by Crippen LogP contribution is -2.19. The third-order valence-corrected chi connectivity index (χ3v) is 17.3. The number of phenolic OH excluding ortho intramolecular Hbond substituents is 3. The number of rotatable bonds is 20. The molecule has 0 amide bonds. The molecular weight excluding hydrogens is 1090 g/mol. The molecule has 6 rings (SSSR count). The van der Waals surface area contributed by atoms with Crippen LogP contribution in [0.15, 0.2) is 72.8 Å². The van der Waals surface area contributed by atoms with Crippen molar-refractivity contribution < 1.29 is 43.9 Å². The second-order valence-electron chi connectivity index (χ2n) is 31.5. The van der Waals surface area contributed by atoms with Crippen molar-refractivity contribution in [3.63, 3.8) is 0 Å². The molecule has 88 heavy (non-hydrogen) atoms. The predicted molar refractivity (Wildman–Crippen MR) is 362 cm³/mol. The Morgan fingerprint density at radius 2 is 0.580 bits per heavy atom. The van der Waals surface area contributed by atoms with Crippen LogP contribution in [0.1, 0.15) is 284 Å². The van der Waals surface area contributed by atoms with Gasteiger partial charge in [0.2, 0.25) is 0 Å². The van der Waals surface area contributed by atoms with Gasteiger partial charge in [0.15, 0.2) is 17.3 Å². The van der Waals surface area contributed by atoms with Crippen molar-refractivity contribution in [1.29, 1.82) is 0 Å². The smallest absolute Gasteiger partial charge is 0.166 e. The fraction of sp³-hybridized carbons (Fsp3) is 0.506. The first-order valence-electron chi connectivity index (χ1n) is 31.8. The Morgan fingerprint density at radius 1 is 0.341 bits per heavy atom. The van der Waals surface area contributed by atoms with Gasteiger partial charge in [-0.15, -0.1) is 0 Å². The fourth-order valence-electron chi connectivity index (χ4n) is 12.0. The van der Waals surface area contributed by atoms with Crippen LogP contribution in [-0.4, -0.2) is 52.5 Å². The SMILES string of the molecule is Cc1cc(C(=O)CCOc2c(C)cc(C(C)CC(c3cc(C)c(OCCC(=O)c4cc(C)c(O)c(C(C)(C)C)c4)c(C(C)(C)C)c3)c3cc(C)c(OCCC(=O)c4cc(C)c(O)c(C(C)(C)C)c4)c(C(C)(C)C)c3)cc2C(C)(C)C)cc(C(C)(C)C)c1O. The Kier molecular flexibility index (Phi) is 21.0. The minimum atomic E-state index is -0.349. The van der Waals surface area contributed by atoms with Crippen molar-refractivity contribution in [2.75, 3.05) is 19.8 Å². The van der Waals surface area contributed by atoms with Crippen molar-refractivity contribution in [2.24, 2.45) is 0 Å². The standard InChI is InChI=1S/C79H106O9/c1-45(52-35-49(5)71(62(39-52)77(17,18)19)86-29-26-65(80)55-32-46(2)68(83)59(42-55)74(8,9)10)38-58(53-36-50(6)72(63(40-53)78(20,21)22)87-30-27-66(81)56-33-47(3)69(84)60(43-56)75(11,12)13)54-37-51(7)73(64(41-54)79(23,24)25)88-31-28-67(82)57-34-48(4)70(85)61(44-57)76(14,15)16/h32-37,39-45,58,83-85H,26-31,38H2,1-25H3. The third-order valence-electron chi connectivity index (χ3n) is 17.3. The van der Waals surface area contributed by atoms with Gasteiger partial charge in [-0.05, 0) is 173 Å². The highest BCUT2D eigenvalue weighted by Gasteiger charge is 2.32. The number of Topliss-reactive ketones (excluding diaryl/α,β-unsaturated/α-hetero) is 3. The second-order valence-corrected chi connectivity index (χ2v) is 31.5. The summed E-state index contributed by atoms with van der Waals surface area (Å²) in [4.78, 5) is 41.6. The van der Waals surface area contributed by atoms with Gasteiger partial charge in [0.25, 0.3) is 0 Å². The molecule has 0 spiro atoms. The van der Waals surface area contributed by atoms with Crippen molar-refractivity contribution >= 4 is 17.3 Å². The highest BCUT2D eigenvalue weighted by atomic mass is 16.5. The van der Waals surface area contributed by atoms with E-state index in [0.29, 0.717) is 33.4 Å². The van der Waals surface area contributed by atoms with Crippen LogP contribution in [0.2, 0.25) is 0 Å². The molecule has 0 saturated carbocycles. The van der Waals surface area contributed by atoms with Crippen molar-refractivity contribution in [2.45, 2.75) is 243 Å². The number of ketones is 3. The Bertz CT molecular complexity index is 3430. The molecule has 0 radical (unpaired) electrons. The van der Waals surface area contributed by atoms with Gasteiger partial charge in [0.05, 0.1) is 19.8 Å². The first kappa shape index (κ1) is 70.2. The number of phenols is 3. The second kappa shape index (κ2) is 26.3. The number of aromatic hydroxyl groups is 3. The monoisotopic (exact) mass is 1200 g/mol. The summed E-state index contributed by atoms with van der Waals surface area (Å²) in [6, 6.07) is 24.5. The van der Waals surface area contributed by atoms with E-state index in [1.54, 1.807) is 18.2 Å². The summed E-state index contributed by atoms with van der Waals surface area (Å²) in [6.07, 6.45) is 1.25. The summed E-state index contributed by atoms with van der Waals surface area (Å²) >= 11 is 0. The maximum atomic E-state index is 13.9. The lowest BCUT2D eigenvalue weighted by Gasteiger charge is -2.31. The molecule has 9 nitrogen and oxygen atoms in total. The van der Waals surface area contributed by atoms with Gasteiger partial charge in [-0.25, -0.2) is 0 Å². The van der Waals surface area contributed by atoms with E-state index in [2.05, 4.69) is 126 Å². The molecule has 0 saturated heterocycles. The van der Waals surface area contributed by atoms with Crippen LogP contribution >= 0.6 is 0 Å². The normalized spacial score (nSPS) is 13.0. The first-order chi connectivity index (χ1) is 40.3. The molecular formula is C79H106O9. The minimum Gasteiger partial charge on any atom is -0.507 e. The molecule has 0 fully saturated rings. The fourth-order valence-corrected chi connectivity index (χ4v) is 12.0. The average Bonchev–Trinajstić information content (AvgIpc) is 0.907. The molecule has 1 unspecified atom stereocenters. The lowest BCUT2D eigenvalue weighted by atomic mass is 9.75. The maximum Gasteiger partial charge on any atom is 0.166 e. The molecule has 0 aromatic heterocycles. The lowest BCUT2D eigenvalue weighted by molar-refractivity contribution is 0.0952. The van der Waals surface area contributed by atoms with Crippen molar-refractivity contribution in [3.8, 4) is 34.5 Å². The molecule has 0 bridgehead atoms. The molecule has 3 N–H and O–H groups in total. The highest BCUT2D eigenvalue weighted by molar-refractivity contribution is 5.98. The van der Waals surface area contributed by atoms with Crippen LogP contribution in [0.5, 0.6) is 34.5 Å². The van der Waals surface area contributed by atoms with E-state index in [-0.39, 0.29) is 118 Å². The summed E-state index contributed by atoms with van der Waals surface area (Å²) in [7, 11) is 0. The number of aryl methyl sites for hydroxylation is 6. The Hall–Kier alpha value is -6.87. The molecule has 9 heteroatoms. The quantitative estimate of drug-likeness (QED) is 0.0638. The van der Waals surface area contributed by atoms with Gasteiger partial charge < -0.3 is 29.5 Å². The number of carbonyl (C=O) groups is 3. The van der Waals surface area contributed by atoms with Gasteiger partial charge in [-0.3, -0.25) is 14.4 Å². The summed E-state index contributed by atoms with van der Waals surface area (Å²) < 4.78 is 20.1. The maximum absolute atomic E-state index is 13.9. The van der Waals surface area contributed by atoms with Crippen molar-refractivity contribution in [1.82, 2.24) is 0 Å². The molecule has 6 aromatic carbocycles. The van der Waals surface area contributed by atoms with Crippen LogP contribution in [0, 0.1) is 41.5 Å². The van der Waals surface area contributed by atoms with Gasteiger partial charge >= 0.3 is 0 Å². The molecule has 0 heterocycles. The summed E-state index contributed by atoms with van der Waals surface area (Å²) in [5.74, 6) is 2.79. The molecule has 6 aromatic rings. The van der Waals surface area contributed by atoms with Crippen LogP contribution < -0.4 is 14.2 Å². The number of carbonyl (C=O) groups excluding carboxylic acids is 3. The molecule has 0 aliphatic carbocycles. The topological polar surface area (TPSA) is 140 Å². The molecule has 476 valence electrons. The van der Waals surface area contributed by atoms with E-state index in [1.807, 2.05) is 101 Å². The number of benzene rings is 6. The Balaban J connectivity index is 1.40. The molecule has 1 atom stereocenters. The van der Waals surface area contributed by atoms with E-state index in [0.717, 1.165) is 84.9 Å². The number of hydrogen-bond donors (Lipinski definition) is 3. The zero-order chi connectivity index (χ0) is 66.3. The summed E-state index contributed by atoms with van der Waals surface area (Å²) in [6.45, 7) is 52.8. The predicted octanol–water partition coefficient (Wildman–Crippen LogP) is 19.7. The van der Waals surface area contributed by atoms with E-state index >= 15 is 0 Å². The summed E-state index contributed by atoms with van der Waals surface area (Å²) in [5, 5.41) is 32.7. The van der Waals surface area contributed by atoms with Crippen LogP contribution in [0.3, 0.4) is 0 Å². The van der Waals surface area contributed by atoms with Crippen LogP contribution in [-0.2, 0) is 32.5 Å². The van der Waals surface area contributed by atoms with Gasteiger partial charge in [-0.1, -0.05) is 168 Å². The van der Waals surface area contributed by atoms with E-state index in [4.69, 9.17) is 14.2 Å². The molecule has 0 aliphatic rings. The van der Waals surface area contributed by atoms with E-state index < -0.39 is 0 Å². The first-order valence-corrected chi connectivity index (χ1v) is 31.8. The number of hydrogen-bond acceptors (Lipinski definition) is 9. The van der Waals surface area contributed by atoms with Gasteiger partial charge in [-0.2, -0.15) is 0 Å². The molecule has 0 aliphatic heterocycles. The van der Waals surface area contributed by atoms with E-state index in [1.165, 1.54) is 5.56 Å². The third kappa shape index (κ3) is 16.5. The largest absolute Gasteiger partial charge is 0.507 e. The Labute approximate surface area is 529 Å². The zero-order valence-corrected chi connectivity index (χ0v) is 58.3. The van der Waals surface area contributed by atoms with Crippen LogP contribution in [0.4, 0.5) is 0 Å². The van der Waals surface area contributed by atoms with Crippen molar-refractivity contribution in [3.05, 3.63) is 173 Å². The summed E-state index contributed by atoms with van der Waals surface area (Å²) in [5.41, 5.74) is 13.5. The Morgan fingerprint density at radius 3 is 0.830 bits per heavy atom. The highest BCUT2D eigenvalue weighted by Crippen LogP contribution is 2.47. The van der Waals surface area contributed by atoms with Crippen LogP contribution in [0.25, 0.3) is 0 Å².